The van der Waals surface area contributed by atoms with Gasteiger partial charge in [0.25, 0.3) is 0 Å². The van der Waals surface area contributed by atoms with Crippen LogP contribution in [0.3, 0.4) is 0 Å². The molecule has 2 saturated heterocycles. The molecule has 4 bridgehead atoms. The fourth-order valence-corrected chi connectivity index (χ4v) is 5.69. The molecule has 4 rings (SSSR count). The number of allylic oxidation sites excluding steroid dienone is 2. The summed E-state index contributed by atoms with van der Waals surface area (Å²) in [6.07, 6.45) is 17.5. The molecular formula is C15H23B. The van der Waals surface area contributed by atoms with Crippen LogP contribution in [0.4, 0.5) is 0 Å². The lowest BCUT2D eigenvalue weighted by atomic mass is 9.21. The monoisotopic (exact) mass is 214 g/mol. The summed E-state index contributed by atoms with van der Waals surface area (Å²) in [7, 11) is 0. The van der Waals surface area contributed by atoms with Gasteiger partial charge in [0.2, 0.25) is 0 Å². The van der Waals surface area contributed by atoms with Crippen molar-refractivity contribution < 1.29 is 0 Å². The Kier molecular flexibility index (Phi) is 2.23. The summed E-state index contributed by atoms with van der Waals surface area (Å²) in [5.41, 5.74) is 0. The molecule has 3 atom stereocenters. The van der Waals surface area contributed by atoms with Crippen molar-refractivity contribution in [3.63, 3.8) is 0 Å². The predicted octanol–water partition coefficient (Wildman–Crippen LogP) is 4.56. The van der Waals surface area contributed by atoms with Crippen LogP contribution in [0.25, 0.3) is 0 Å². The molecule has 86 valence electrons. The van der Waals surface area contributed by atoms with E-state index in [2.05, 4.69) is 12.2 Å². The van der Waals surface area contributed by atoms with Crippen molar-refractivity contribution >= 4 is 6.71 Å². The molecule has 0 nitrogen and oxygen atoms in total. The average molecular weight is 214 g/mol. The molecule has 0 amide bonds. The SMILES string of the molecule is C1=C[C@H]2C[C@@H]1C[C@@H]2B1C2CCCC1CCC2. The Hall–Kier alpha value is -0.195. The van der Waals surface area contributed by atoms with E-state index in [0.717, 1.165) is 36.0 Å². The Morgan fingerprint density at radius 3 is 2.00 bits per heavy atom. The summed E-state index contributed by atoms with van der Waals surface area (Å²) >= 11 is 0. The zero-order valence-electron chi connectivity index (χ0n) is 10.3. The molecule has 0 radical (unpaired) electrons. The molecule has 3 fully saturated rings. The zero-order chi connectivity index (χ0) is 10.5. The highest BCUT2D eigenvalue weighted by molar-refractivity contribution is 6.64. The lowest BCUT2D eigenvalue weighted by Crippen LogP contribution is -2.39. The maximum atomic E-state index is 2.57. The largest absolute Gasteiger partial charge is 0.150 e. The van der Waals surface area contributed by atoms with Crippen LogP contribution in [-0.4, -0.2) is 6.71 Å². The van der Waals surface area contributed by atoms with Crippen molar-refractivity contribution in [2.24, 2.45) is 11.8 Å². The third-order valence-electron chi connectivity index (χ3n) is 6.21. The van der Waals surface area contributed by atoms with Gasteiger partial charge in [-0.2, -0.15) is 0 Å². The van der Waals surface area contributed by atoms with Crippen LogP contribution < -0.4 is 0 Å². The molecule has 0 aromatic carbocycles. The van der Waals surface area contributed by atoms with Crippen LogP contribution in [0, 0.1) is 11.8 Å². The summed E-state index contributed by atoms with van der Waals surface area (Å²) in [5.74, 6) is 5.34. The maximum Gasteiger partial charge on any atom is 0.150 e. The zero-order valence-corrected chi connectivity index (χ0v) is 10.3. The second kappa shape index (κ2) is 3.65. The van der Waals surface area contributed by atoms with Crippen LogP contribution >= 0.6 is 0 Å². The van der Waals surface area contributed by atoms with Crippen molar-refractivity contribution in [3.05, 3.63) is 12.2 Å². The van der Waals surface area contributed by atoms with Gasteiger partial charge in [-0.05, 0) is 18.3 Å². The molecule has 1 heteroatoms. The quantitative estimate of drug-likeness (QED) is 0.443. The summed E-state index contributed by atoms with van der Waals surface area (Å²) in [5, 5.41) is 0. The smallest absolute Gasteiger partial charge is 0.0855 e. The van der Waals surface area contributed by atoms with E-state index >= 15 is 0 Å². The van der Waals surface area contributed by atoms with Crippen molar-refractivity contribution in [1.29, 1.82) is 0 Å². The first-order valence-corrected chi connectivity index (χ1v) is 7.60. The normalized spacial score (nSPS) is 50.0. The highest BCUT2D eigenvalue weighted by atomic mass is 14.4. The minimum absolute atomic E-state index is 0.984. The van der Waals surface area contributed by atoms with E-state index < -0.39 is 0 Å². The molecule has 16 heavy (non-hydrogen) atoms. The Labute approximate surface area is 100.0 Å². The molecule has 0 unspecified atom stereocenters. The van der Waals surface area contributed by atoms with E-state index in [1.807, 2.05) is 0 Å². The molecule has 2 heterocycles. The van der Waals surface area contributed by atoms with Crippen molar-refractivity contribution in [3.8, 4) is 0 Å². The summed E-state index contributed by atoms with van der Waals surface area (Å²) in [4.78, 5) is 0. The lowest BCUT2D eigenvalue weighted by molar-refractivity contribution is 0.427. The number of fused-ring (bicyclic) bond motifs is 4. The van der Waals surface area contributed by atoms with Gasteiger partial charge >= 0.3 is 0 Å². The summed E-state index contributed by atoms with van der Waals surface area (Å²) in [6.45, 7) is 1.14. The second-order valence-electron chi connectivity index (χ2n) is 6.90. The Balaban J connectivity index is 1.59. The molecule has 0 N–H and O–H groups in total. The Bertz CT molecular complexity index is 287. The van der Waals surface area contributed by atoms with Gasteiger partial charge in [-0.1, -0.05) is 74.5 Å². The third kappa shape index (κ3) is 1.36. The fourth-order valence-electron chi connectivity index (χ4n) is 5.69. The van der Waals surface area contributed by atoms with Gasteiger partial charge in [0.1, 0.15) is 6.71 Å². The van der Waals surface area contributed by atoms with Crippen LogP contribution in [-0.2, 0) is 0 Å². The molecule has 1 saturated carbocycles. The van der Waals surface area contributed by atoms with Gasteiger partial charge in [0, 0.05) is 0 Å². The van der Waals surface area contributed by atoms with E-state index in [4.69, 9.17) is 0 Å². The fraction of sp³-hybridized carbons (Fsp3) is 0.867. The van der Waals surface area contributed by atoms with Crippen LogP contribution in [0.5, 0.6) is 0 Å². The van der Waals surface area contributed by atoms with Crippen LogP contribution in [0.1, 0.15) is 51.4 Å². The lowest BCUT2D eigenvalue weighted by Gasteiger charge is -2.45. The predicted molar refractivity (Wildman–Crippen MR) is 70.1 cm³/mol. The molecule has 2 aliphatic carbocycles. The van der Waals surface area contributed by atoms with Gasteiger partial charge in [-0.25, -0.2) is 0 Å². The number of rotatable bonds is 1. The molecular weight excluding hydrogens is 191 g/mol. The first-order chi connectivity index (χ1) is 7.92. The van der Waals surface area contributed by atoms with E-state index in [-0.39, 0.29) is 0 Å². The van der Waals surface area contributed by atoms with Gasteiger partial charge in [0.05, 0.1) is 0 Å². The van der Waals surface area contributed by atoms with Gasteiger partial charge < -0.3 is 0 Å². The van der Waals surface area contributed by atoms with Gasteiger partial charge in [0.15, 0.2) is 0 Å². The first kappa shape index (κ1) is 9.80. The minimum atomic E-state index is 0.984. The molecule has 0 aromatic rings. The topological polar surface area (TPSA) is 0 Å². The van der Waals surface area contributed by atoms with Gasteiger partial charge in [-0.3, -0.25) is 0 Å². The van der Waals surface area contributed by atoms with E-state index in [9.17, 15) is 0 Å². The van der Waals surface area contributed by atoms with E-state index in [0.29, 0.717) is 0 Å². The Morgan fingerprint density at radius 2 is 1.50 bits per heavy atom. The maximum absolute atomic E-state index is 2.57. The molecule has 4 aliphatic rings. The molecule has 0 spiro atoms. The van der Waals surface area contributed by atoms with Crippen molar-refractivity contribution in [1.82, 2.24) is 0 Å². The third-order valence-corrected chi connectivity index (χ3v) is 6.21. The van der Waals surface area contributed by atoms with Crippen molar-refractivity contribution in [2.45, 2.75) is 68.8 Å². The summed E-state index contributed by atoms with van der Waals surface area (Å²) < 4.78 is 0. The number of hydrogen-bond donors (Lipinski definition) is 0. The molecule has 0 aromatic heterocycles. The van der Waals surface area contributed by atoms with E-state index in [1.54, 1.807) is 44.9 Å². The van der Waals surface area contributed by atoms with Gasteiger partial charge in [-0.15, -0.1) is 0 Å². The second-order valence-corrected chi connectivity index (χ2v) is 6.90. The molecule has 2 aliphatic heterocycles. The van der Waals surface area contributed by atoms with E-state index in [1.165, 1.54) is 6.42 Å². The Morgan fingerprint density at radius 1 is 0.812 bits per heavy atom. The van der Waals surface area contributed by atoms with Crippen LogP contribution in [0.2, 0.25) is 17.5 Å². The summed E-state index contributed by atoms with van der Waals surface area (Å²) in [6, 6.07) is 0. The van der Waals surface area contributed by atoms with Crippen molar-refractivity contribution in [2.75, 3.05) is 0 Å². The first-order valence-electron chi connectivity index (χ1n) is 7.60. The number of hydrogen-bond acceptors (Lipinski definition) is 0. The standard InChI is InChI=1S/C15H23B/c1-3-13-5-2-6-14(4-1)16(13)15-10-11-7-8-12(15)9-11/h7-8,11-15H,1-6,9-10H2/t11-,12+,13?,14?,15+/m1/s1. The highest BCUT2D eigenvalue weighted by Gasteiger charge is 2.49. The highest BCUT2D eigenvalue weighted by Crippen LogP contribution is 2.58. The average Bonchev–Trinajstić information content (AvgIpc) is 2.89. The minimum Gasteiger partial charge on any atom is -0.0855 e. The van der Waals surface area contributed by atoms with Crippen LogP contribution in [0.15, 0.2) is 12.2 Å².